The summed E-state index contributed by atoms with van der Waals surface area (Å²) < 4.78 is 40.9. The molecule has 1 saturated carbocycles. The second-order valence-electron chi connectivity index (χ2n) is 7.84. The van der Waals surface area contributed by atoms with E-state index in [0.29, 0.717) is 17.6 Å². The van der Waals surface area contributed by atoms with Crippen LogP contribution in [0.2, 0.25) is 0 Å². The van der Waals surface area contributed by atoms with Crippen LogP contribution in [0.25, 0.3) is 5.69 Å². The number of halogens is 3. The van der Waals surface area contributed by atoms with Gasteiger partial charge in [-0.1, -0.05) is 12.8 Å². The van der Waals surface area contributed by atoms with Gasteiger partial charge in [-0.3, -0.25) is 9.69 Å². The second-order valence-corrected chi connectivity index (χ2v) is 7.84. The summed E-state index contributed by atoms with van der Waals surface area (Å²) in [5.41, 5.74) is -0.396. The van der Waals surface area contributed by atoms with Crippen molar-refractivity contribution in [2.75, 3.05) is 18.4 Å². The normalized spacial score (nSPS) is 22.9. The Morgan fingerprint density at radius 3 is 2.72 bits per heavy atom. The quantitative estimate of drug-likeness (QED) is 0.836. The van der Waals surface area contributed by atoms with Gasteiger partial charge in [0, 0.05) is 6.04 Å². The van der Waals surface area contributed by atoms with Gasteiger partial charge >= 0.3 is 6.18 Å². The fourth-order valence-corrected chi connectivity index (χ4v) is 4.64. The Balaban J connectivity index is 1.53. The Morgan fingerprint density at radius 1 is 1.17 bits per heavy atom. The van der Waals surface area contributed by atoms with Crippen LogP contribution in [0.5, 0.6) is 0 Å². The minimum absolute atomic E-state index is 0.0764. The number of benzene rings is 1. The van der Waals surface area contributed by atoms with Crippen LogP contribution in [0, 0.1) is 5.92 Å². The highest BCUT2D eigenvalue weighted by Gasteiger charge is 2.34. The van der Waals surface area contributed by atoms with E-state index in [4.69, 9.17) is 0 Å². The lowest BCUT2D eigenvalue weighted by atomic mass is 9.78. The number of rotatable bonds is 4. The fourth-order valence-electron chi connectivity index (χ4n) is 4.64. The molecule has 0 spiro atoms. The molecule has 1 saturated heterocycles. The molecule has 0 bridgehead atoms. The average Bonchev–Trinajstić information content (AvgIpc) is 3.22. The van der Waals surface area contributed by atoms with Crippen LogP contribution in [-0.2, 0) is 11.0 Å². The Labute approximate surface area is 167 Å². The number of amides is 1. The Morgan fingerprint density at radius 2 is 1.97 bits per heavy atom. The Bertz CT molecular complexity index is 850. The van der Waals surface area contributed by atoms with Gasteiger partial charge in [0.1, 0.15) is 12.7 Å². The molecule has 1 aromatic heterocycles. The molecule has 1 N–H and O–H groups in total. The summed E-state index contributed by atoms with van der Waals surface area (Å²) in [7, 11) is 0. The zero-order chi connectivity index (χ0) is 20.4. The van der Waals surface area contributed by atoms with E-state index in [1.807, 2.05) is 0 Å². The molecule has 2 heterocycles. The van der Waals surface area contributed by atoms with Gasteiger partial charge in [-0.15, -0.1) is 0 Å². The van der Waals surface area contributed by atoms with Crippen molar-refractivity contribution in [1.29, 1.82) is 0 Å². The topological polar surface area (TPSA) is 63.1 Å². The molecule has 1 aliphatic heterocycles. The smallest absolute Gasteiger partial charge is 0.323 e. The van der Waals surface area contributed by atoms with Gasteiger partial charge in [-0.25, -0.2) is 9.67 Å². The van der Waals surface area contributed by atoms with Gasteiger partial charge in [-0.05, 0) is 56.3 Å². The molecule has 1 aliphatic carbocycles. The van der Waals surface area contributed by atoms with Crippen molar-refractivity contribution in [3.63, 3.8) is 0 Å². The summed E-state index contributed by atoms with van der Waals surface area (Å²) in [6, 6.07) is 3.63. The molecule has 1 aromatic carbocycles. The Hall–Kier alpha value is -2.42. The molecule has 0 unspecified atom stereocenters. The predicted molar refractivity (Wildman–Crippen MR) is 102 cm³/mol. The maximum Gasteiger partial charge on any atom is 0.416 e. The van der Waals surface area contributed by atoms with Crippen LogP contribution in [0.3, 0.4) is 0 Å². The molecule has 29 heavy (non-hydrogen) atoms. The largest absolute Gasteiger partial charge is 0.416 e. The molecule has 2 fully saturated rings. The van der Waals surface area contributed by atoms with Crippen molar-refractivity contribution in [1.82, 2.24) is 19.7 Å². The minimum Gasteiger partial charge on any atom is -0.323 e. The monoisotopic (exact) mass is 407 g/mol. The molecule has 9 heteroatoms. The summed E-state index contributed by atoms with van der Waals surface area (Å²) in [6.45, 7) is 1.04. The van der Waals surface area contributed by atoms with Crippen LogP contribution in [0.4, 0.5) is 18.9 Å². The number of nitrogens with one attached hydrogen (secondary N) is 1. The molecule has 2 aromatic rings. The molecular weight excluding hydrogens is 383 g/mol. The fraction of sp³-hybridized carbons (Fsp3) is 0.550. The van der Waals surface area contributed by atoms with Crippen molar-refractivity contribution in [3.05, 3.63) is 36.4 Å². The number of piperidine rings is 1. The summed E-state index contributed by atoms with van der Waals surface area (Å²) in [5.74, 6) is 0.321. The van der Waals surface area contributed by atoms with Crippen LogP contribution in [0.15, 0.2) is 30.9 Å². The highest BCUT2D eigenvalue weighted by molar-refractivity contribution is 5.94. The van der Waals surface area contributed by atoms with Gasteiger partial charge < -0.3 is 5.32 Å². The van der Waals surface area contributed by atoms with E-state index in [1.165, 1.54) is 49.1 Å². The number of nitrogens with zero attached hydrogens (tertiary/aromatic N) is 4. The second kappa shape index (κ2) is 8.14. The molecule has 4 rings (SSSR count). The minimum atomic E-state index is -4.50. The van der Waals surface area contributed by atoms with E-state index in [1.54, 1.807) is 0 Å². The van der Waals surface area contributed by atoms with Crippen molar-refractivity contribution in [2.45, 2.75) is 50.7 Å². The molecule has 2 aliphatic rings. The van der Waals surface area contributed by atoms with E-state index in [2.05, 4.69) is 20.3 Å². The molecule has 2 atom stereocenters. The third kappa shape index (κ3) is 4.44. The van der Waals surface area contributed by atoms with Gasteiger partial charge in [0.15, 0.2) is 0 Å². The van der Waals surface area contributed by atoms with Gasteiger partial charge in [0.25, 0.3) is 0 Å². The van der Waals surface area contributed by atoms with Gasteiger partial charge in [-0.2, -0.15) is 18.3 Å². The number of fused-ring (bicyclic) bond motifs is 1. The SMILES string of the molecule is O=C(CN1CCC[C@H]2CCCC[C@H]21)Nc1cc(C(F)(F)F)ccc1-n1cncn1. The van der Waals surface area contributed by atoms with Gasteiger partial charge in [0.2, 0.25) is 5.91 Å². The molecular formula is C20H24F3N5O. The number of aromatic nitrogens is 3. The van der Waals surface area contributed by atoms with Crippen LogP contribution in [-0.4, -0.2) is 44.7 Å². The van der Waals surface area contributed by atoms with E-state index >= 15 is 0 Å². The third-order valence-corrected chi connectivity index (χ3v) is 5.97. The standard InChI is InChI=1S/C20H24F3N5O/c21-20(22,23)15-7-8-18(28-13-24-12-25-28)16(10-15)26-19(29)11-27-9-3-5-14-4-1-2-6-17(14)27/h7-8,10,12-14,17H,1-6,9,11H2,(H,26,29)/t14-,17-/m1/s1. The number of anilines is 1. The lowest BCUT2D eigenvalue weighted by molar-refractivity contribution is -0.137. The maximum atomic E-state index is 13.2. The van der Waals surface area contributed by atoms with Crippen LogP contribution < -0.4 is 5.32 Å². The summed E-state index contributed by atoms with van der Waals surface area (Å²) in [5, 5.41) is 6.66. The highest BCUT2D eigenvalue weighted by Crippen LogP contribution is 2.36. The first-order valence-corrected chi connectivity index (χ1v) is 10.0. The van der Waals surface area contributed by atoms with Gasteiger partial charge in [0.05, 0.1) is 23.5 Å². The number of hydrogen-bond acceptors (Lipinski definition) is 4. The highest BCUT2D eigenvalue weighted by atomic mass is 19.4. The number of carbonyl (C=O) groups excluding carboxylic acids is 1. The van der Waals surface area contributed by atoms with Crippen LogP contribution >= 0.6 is 0 Å². The first-order chi connectivity index (χ1) is 13.9. The van der Waals surface area contributed by atoms with Crippen molar-refractivity contribution in [3.8, 4) is 5.69 Å². The van der Waals surface area contributed by atoms with E-state index in [9.17, 15) is 18.0 Å². The van der Waals surface area contributed by atoms with Crippen molar-refractivity contribution >= 4 is 11.6 Å². The third-order valence-electron chi connectivity index (χ3n) is 5.97. The first-order valence-electron chi connectivity index (χ1n) is 10.0. The molecule has 156 valence electrons. The number of hydrogen-bond donors (Lipinski definition) is 1. The predicted octanol–water partition coefficient (Wildman–Crippen LogP) is 3.88. The molecule has 0 radical (unpaired) electrons. The van der Waals surface area contributed by atoms with Crippen molar-refractivity contribution < 1.29 is 18.0 Å². The van der Waals surface area contributed by atoms with E-state index in [0.717, 1.165) is 31.5 Å². The zero-order valence-electron chi connectivity index (χ0n) is 16.0. The number of likely N-dealkylation sites (tertiary alicyclic amines) is 1. The average molecular weight is 407 g/mol. The van der Waals surface area contributed by atoms with Crippen LogP contribution in [0.1, 0.15) is 44.1 Å². The lowest BCUT2D eigenvalue weighted by Gasteiger charge is -2.43. The van der Waals surface area contributed by atoms with Crippen molar-refractivity contribution in [2.24, 2.45) is 5.92 Å². The van der Waals surface area contributed by atoms with E-state index < -0.39 is 11.7 Å². The maximum absolute atomic E-state index is 13.2. The molecule has 1 amide bonds. The Kier molecular flexibility index (Phi) is 5.58. The first kappa shape index (κ1) is 19.9. The summed E-state index contributed by atoms with van der Waals surface area (Å²) in [6.07, 6.45) is 5.14. The summed E-state index contributed by atoms with van der Waals surface area (Å²) >= 11 is 0. The zero-order valence-corrected chi connectivity index (χ0v) is 16.0. The summed E-state index contributed by atoms with van der Waals surface area (Å²) in [4.78, 5) is 18.8. The lowest BCUT2D eigenvalue weighted by Crippen LogP contribution is -2.49. The molecule has 6 nitrogen and oxygen atoms in total. The number of alkyl halides is 3. The van der Waals surface area contributed by atoms with E-state index in [-0.39, 0.29) is 18.1 Å². The number of carbonyl (C=O) groups is 1.